The van der Waals surface area contributed by atoms with Crippen LogP contribution in [-0.2, 0) is 6.18 Å². The van der Waals surface area contributed by atoms with Crippen molar-refractivity contribution >= 4 is 15.9 Å². The molecule has 1 N–H and O–H groups in total. The van der Waals surface area contributed by atoms with E-state index < -0.39 is 11.7 Å². The Kier molecular flexibility index (Phi) is 5.66. The molecule has 0 bridgehead atoms. The molecule has 1 unspecified atom stereocenters. The van der Waals surface area contributed by atoms with Gasteiger partial charge in [-0.25, -0.2) is 0 Å². The molecule has 5 heteroatoms. The third kappa shape index (κ3) is 3.99. The highest BCUT2D eigenvalue weighted by Crippen LogP contribution is 2.37. The van der Waals surface area contributed by atoms with E-state index in [-0.39, 0.29) is 6.04 Å². The first-order valence-corrected chi connectivity index (χ1v) is 6.73. The Morgan fingerprint density at radius 2 is 2.00 bits per heavy atom. The molecule has 0 amide bonds. The van der Waals surface area contributed by atoms with Crippen LogP contribution < -0.4 is 5.32 Å². The lowest BCUT2D eigenvalue weighted by molar-refractivity contribution is -0.138. The lowest BCUT2D eigenvalue weighted by atomic mass is 9.96. The van der Waals surface area contributed by atoms with E-state index in [0.29, 0.717) is 16.5 Å². The molecule has 0 aliphatic heterocycles. The van der Waals surface area contributed by atoms with E-state index >= 15 is 0 Å². The van der Waals surface area contributed by atoms with Crippen molar-refractivity contribution in [2.24, 2.45) is 0 Å². The summed E-state index contributed by atoms with van der Waals surface area (Å²) in [5.41, 5.74) is -0.242. The summed E-state index contributed by atoms with van der Waals surface area (Å²) in [6, 6.07) is 4.09. The van der Waals surface area contributed by atoms with Gasteiger partial charge in [-0.3, -0.25) is 0 Å². The summed E-state index contributed by atoms with van der Waals surface area (Å²) >= 11 is 3.09. The first-order chi connectivity index (χ1) is 8.40. The SMILES string of the molecule is CCCCC(NC)c1ccc(Br)cc1C(F)(F)F. The molecule has 1 nitrogen and oxygen atoms in total. The summed E-state index contributed by atoms with van der Waals surface area (Å²) in [6.07, 6.45) is -1.74. The molecule has 1 aromatic carbocycles. The van der Waals surface area contributed by atoms with Crippen molar-refractivity contribution in [3.05, 3.63) is 33.8 Å². The van der Waals surface area contributed by atoms with Gasteiger partial charge in [0.25, 0.3) is 0 Å². The average molecular weight is 324 g/mol. The maximum absolute atomic E-state index is 13.0. The van der Waals surface area contributed by atoms with Crippen LogP contribution in [0.5, 0.6) is 0 Å². The summed E-state index contributed by atoms with van der Waals surface area (Å²) in [6.45, 7) is 2.03. The van der Waals surface area contributed by atoms with Crippen LogP contribution in [0.4, 0.5) is 13.2 Å². The second-order valence-corrected chi connectivity index (χ2v) is 5.13. The van der Waals surface area contributed by atoms with E-state index in [1.54, 1.807) is 19.2 Å². The molecule has 0 spiro atoms. The Morgan fingerprint density at radius 1 is 1.33 bits per heavy atom. The number of nitrogens with one attached hydrogen (secondary N) is 1. The summed E-state index contributed by atoms with van der Waals surface area (Å²) < 4.78 is 39.4. The zero-order valence-corrected chi connectivity index (χ0v) is 12.0. The first-order valence-electron chi connectivity index (χ1n) is 5.94. The normalized spacial score (nSPS) is 13.7. The summed E-state index contributed by atoms with van der Waals surface area (Å²) in [5.74, 6) is 0. The molecule has 1 rings (SSSR count). The lowest BCUT2D eigenvalue weighted by Crippen LogP contribution is -2.21. The molecular weight excluding hydrogens is 307 g/mol. The van der Waals surface area contributed by atoms with Crippen molar-refractivity contribution in [1.82, 2.24) is 5.32 Å². The molecule has 0 heterocycles. The van der Waals surface area contributed by atoms with Crippen molar-refractivity contribution in [2.45, 2.75) is 38.4 Å². The molecule has 0 fully saturated rings. The van der Waals surface area contributed by atoms with Crippen LogP contribution in [0.1, 0.15) is 43.4 Å². The van der Waals surface area contributed by atoms with E-state index in [4.69, 9.17) is 0 Å². The van der Waals surface area contributed by atoms with Crippen molar-refractivity contribution in [1.29, 1.82) is 0 Å². The number of alkyl halides is 3. The fourth-order valence-corrected chi connectivity index (χ4v) is 2.30. The van der Waals surface area contributed by atoms with Gasteiger partial charge in [-0.15, -0.1) is 0 Å². The second kappa shape index (κ2) is 6.57. The number of hydrogen-bond acceptors (Lipinski definition) is 1. The Morgan fingerprint density at radius 3 is 2.50 bits per heavy atom. The molecular formula is C13H17BrF3N. The molecule has 1 atom stereocenters. The minimum absolute atomic E-state index is 0.255. The summed E-state index contributed by atoms with van der Waals surface area (Å²) in [4.78, 5) is 0. The van der Waals surface area contributed by atoms with E-state index in [2.05, 4.69) is 21.2 Å². The fraction of sp³-hybridized carbons (Fsp3) is 0.538. The highest BCUT2D eigenvalue weighted by molar-refractivity contribution is 9.10. The minimum Gasteiger partial charge on any atom is -0.313 e. The number of rotatable bonds is 5. The topological polar surface area (TPSA) is 12.0 Å². The van der Waals surface area contributed by atoms with Crippen molar-refractivity contribution in [3.63, 3.8) is 0 Å². The number of halogens is 4. The van der Waals surface area contributed by atoms with Gasteiger partial charge < -0.3 is 5.32 Å². The lowest BCUT2D eigenvalue weighted by Gasteiger charge is -2.21. The molecule has 0 radical (unpaired) electrons. The van der Waals surface area contributed by atoms with E-state index in [9.17, 15) is 13.2 Å². The monoisotopic (exact) mass is 323 g/mol. The maximum atomic E-state index is 13.0. The number of hydrogen-bond donors (Lipinski definition) is 1. The summed E-state index contributed by atoms with van der Waals surface area (Å²) in [7, 11) is 1.70. The van der Waals surface area contributed by atoms with Gasteiger partial charge in [0.05, 0.1) is 5.56 Å². The van der Waals surface area contributed by atoms with Crippen LogP contribution >= 0.6 is 15.9 Å². The van der Waals surface area contributed by atoms with Gasteiger partial charge in [-0.05, 0) is 31.2 Å². The van der Waals surface area contributed by atoms with E-state index in [1.807, 2.05) is 6.92 Å². The van der Waals surface area contributed by atoms with E-state index in [1.165, 1.54) is 0 Å². The molecule has 0 aliphatic carbocycles. The predicted octanol–water partition coefficient (Wildman–Crippen LogP) is 4.92. The van der Waals surface area contributed by atoms with Crippen molar-refractivity contribution < 1.29 is 13.2 Å². The molecule has 0 saturated carbocycles. The van der Waals surface area contributed by atoms with Gasteiger partial charge >= 0.3 is 6.18 Å². The maximum Gasteiger partial charge on any atom is 0.416 e. The Hall–Kier alpha value is -0.550. The first kappa shape index (κ1) is 15.5. The van der Waals surface area contributed by atoms with Crippen LogP contribution in [0.15, 0.2) is 22.7 Å². The zero-order valence-electron chi connectivity index (χ0n) is 10.4. The molecule has 18 heavy (non-hydrogen) atoms. The fourth-order valence-electron chi connectivity index (χ4n) is 1.94. The number of unbranched alkanes of at least 4 members (excludes halogenated alkanes) is 1. The third-order valence-corrected chi connectivity index (χ3v) is 3.38. The number of benzene rings is 1. The van der Waals surface area contributed by atoms with Crippen LogP contribution in [0.3, 0.4) is 0 Å². The molecule has 1 aromatic rings. The van der Waals surface area contributed by atoms with Crippen LogP contribution in [-0.4, -0.2) is 7.05 Å². The Balaban J connectivity index is 3.13. The molecule has 0 aromatic heterocycles. The van der Waals surface area contributed by atoms with Crippen molar-refractivity contribution in [2.75, 3.05) is 7.05 Å². The van der Waals surface area contributed by atoms with Gasteiger partial charge in [0.15, 0.2) is 0 Å². The van der Waals surface area contributed by atoms with E-state index in [0.717, 1.165) is 18.9 Å². The standard InChI is InChI=1S/C13H17BrF3N/c1-3-4-5-12(18-2)10-7-6-9(14)8-11(10)13(15,16)17/h6-8,12,18H,3-5H2,1-2H3. The van der Waals surface area contributed by atoms with Crippen LogP contribution in [0.2, 0.25) is 0 Å². The average Bonchev–Trinajstić information content (AvgIpc) is 2.30. The molecule has 0 saturated heterocycles. The highest BCUT2D eigenvalue weighted by atomic mass is 79.9. The summed E-state index contributed by atoms with van der Waals surface area (Å²) in [5, 5.41) is 2.97. The predicted molar refractivity (Wildman–Crippen MR) is 70.5 cm³/mol. The van der Waals surface area contributed by atoms with Gasteiger partial charge in [0.1, 0.15) is 0 Å². The molecule has 102 valence electrons. The smallest absolute Gasteiger partial charge is 0.313 e. The third-order valence-electron chi connectivity index (χ3n) is 2.89. The minimum atomic E-state index is -4.32. The quantitative estimate of drug-likeness (QED) is 0.811. The Labute approximate surface area is 114 Å². The van der Waals surface area contributed by atoms with Gasteiger partial charge in [-0.1, -0.05) is 41.8 Å². The second-order valence-electron chi connectivity index (χ2n) is 4.21. The van der Waals surface area contributed by atoms with Crippen LogP contribution in [0, 0.1) is 0 Å². The largest absolute Gasteiger partial charge is 0.416 e. The van der Waals surface area contributed by atoms with Crippen molar-refractivity contribution in [3.8, 4) is 0 Å². The zero-order chi connectivity index (χ0) is 13.8. The highest BCUT2D eigenvalue weighted by Gasteiger charge is 2.35. The van der Waals surface area contributed by atoms with Crippen LogP contribution in [0.25, 0.3) is 0 Å². The van der Waals surface area contributed by atoms with Gasteiger partial charge in [0, 0.05) is 10.5 Å². The Bertz CT molecular complexity index is 390. The van der Waals surface area contributed by atoms with Gasteiger partial charge in [0.2, 0.25) is 0 Å². The van der Waals surface area contributed by atoms with Gasteiger partial charge in [-0.2, -0.15) is 13.2 Å². The molecule has 0 aliphatic rings.